The lowest BCUT2D eigenvalue weighted by atomic mass is 9.96. The first-order valence-corrected chi connectivity index (χ1v) is 4.27. The molecule has 0 bridgehead atoms. The maximum absolute atomic E-state index is 8.12. The van der Waals surface area contributed by atoms with Crippen molar-refractivity contribution in [2.75, 3.05) is 6.54 Å². The molecule has 0 aromatic heterocycles. The van der Waals surface area contributed by atoms with Gasteiger partial charge in [0.25, 0.3) is 0 Å². The summed E-state index contributed by atoms with van der Waals surface area (Å²) in [4.78, 5) is 0. The van der Waals surface area contributed by atoms with E-state index < -0.39 is 0 Å². The normalized spacial score (nSPS) is 15.5. The Balaban J connectivity index is 3.34. The van der Waals surface area contributed by atoms with E-state index in [4.69, 9.17) is 5.53 Å². The molecule has 1 N–H and O–H groups in total. The van der Waals surface area contributed by atoms with Crippen LogP contribution in [0.1, 0.15) is 33.6 Å². The van der Waals surface area contributed by atoms with Gasteiger partial charge in [0, 0.05) is 0 Å². The van der Waals surface area contributed by atoms with Crippen molar-refractivity contribution < 1.29 is 0 Å². The molecular formula is C8H18N3-. The third-order valence-corrected chi connectivity index (χ3v) is 2.01. The van der Waals surface area contributed by atoms with Crippen LogP contribution in [0.4, 0.5) is 0 Å². The molecule has 3 nitrogen and oxygen atoms in total. The van der Waals surface area contributed by atoms with Gasteiger partial charge < -0.3 is 11.0 Å². The van der Waals surface area contributed by atoms with E-state index in [1.165, 1.54) is 12.8 Å². The van der Waals surface area contributed by atoms with Gasteiger partial charge in [0.1, 0.15) is 0 Å². The molecule has 0 heterocycles. The smallest absolute Gasteiger partial charge is 0.0353 e. The van der Waals surface area contributed by atoms with Gasteiger partial charge in [0.2, 0.25) is 0 Å². The van der Waals surface area contributed by atoms with E-state index in [0.29, 0.717) is 5.92 Å². The molecule has 0 saturated carbocycles. The summed E-state index contributed by atoms with van der Waals surface area (Å²) in [6, 6.07) is 0. The fraction of sp³-hybridized carbons (Fsp3) is 1.00. The Hall–Kier alpha value is -0.600. The van der Waals surface area contributed by atoms with Crippen molar-refractivity contribution in [1.82, 2.24) is 5.43 Å². The number of nitrogens with one attached hydrogen (secondary N) is 1. The minimum absolute atomic E-state index is 0.584. The third-order valence-electron chi connectivity index (χ3n) is 2.01. The summed E-state index contributed by atoms with van der Waals surface area (Å²) in [7, 11) is 0. The minimum atomic E-state index is 0.584. The molecule has 0 saturated heterocycles. The SMILES string of the molecule is CCC(C)CC(C)CNN=[N-]. The van der Waals surface area contributed by atoms with Gasteiger partial charge in [-0.3, -0.25) is 5.22 Å². The van der Waals surface area contributed by atoms with Crippen molar-refractivity contribution in [1.29, 1.82) is 0 Å². The maximum Gasteiger partial charge on any atom is -0.0353 e. The summed E-state index contributed by atoms with van der Waals surface area (Å²) in [5.41, 5.74) is 10.7. The topological polar surface area (TPSA) is 46.7 Å². The van der Waals surface area contributed by atoms with Gasteiger partial charge in [0.05, 0.1) is 0 Å². The van der Waals surface area contributed by atoms with Gasteiger partial charge in [-0.05, 0) is 24.8 Å². The molecule has 0 aliphatic heterocycles. The molecule has 0 aromatic carbocycles. The summed E-state index contributed by atoms with van der Waals surface area (Å²) >= 11 is 0. The quantitative estimate of drug-likeness (QED) is 0.466. The molecule has 0 rings (SSSR count). The Morgan fingerprint density at radius 2 is 2.00 bits per heavy atom. The first-order valence-electron chi connectivity index (χ1n) is 4.27. The Bertz CT molecular complexity index is 104. The number of nitrogens with zero attached hydrogens (tertiary/aromatic N) is 2. The second-order valence-corrected chi connectivity index (χ2v) is 3.32. The van der Waals surface area contributed by atoms with E-state index >= 15 is 0 Å². The molecule has 0 aliphatic rings. The van der Waals surface area contributed by atoms with E-state index in [9.17, 15) is 0 Å². The zero-order valence-corrected chi connectivity index (χ0v) is 7.67. The highest BCUT2D eigenvalue weighted by atomic mass is 15.4. The van der Waals surface area contributed by atoms with Crippen molar-refractivity contribution in [2.24, 2.45) is 17.1 Å². The molecule has 66 valence electrons. The highest BCUT2D eigenvalue weighted by molar-refractivity contribution is 4.59. The molecule has 0 fully saturated rings. The fourth-order valence-electron chi connectivity index (χ4n) is 1.13. The van der Waals surface area contributed by atoms with Crippen LogP contribution in [0.5, 0.6) is 0 Å². The zero-order chi connectivity index (χ0) is 8.69. The van der Waals surface area contributed by atoms with E-state index in [-0.39, 0.29) is 0 Å². The average Bonchev–Trinajstić information content (AvgIpc) is 2.00. The lowest BCUT2D eigenvalue weighted by Gasteiger charge is -2.17. The Morgan fingerprint density at radius 1 is 1.36 bits per heavy atom. The Labute approximate surface area is 69.1 Å². The highest BCUT2D eigenvalue weighted by Gasteiger charge is 2.03. The molecule has 0 radical (unpaired) electrons. The van der Waals surface area contributed by atoms with Crippen LogP contribution < -0.4 is 5.43 Å². The molecule has 11 heavy (non-hydrogen) atoms. The lowest BCUT2D eigenvalue weighted by Crippen LogP contribution is -2.16. The molecule has 0 aliphatic carbocycles. The number of rotatable bonds is 6. The second-order valence-electron chi connectivity index (χ2n) is 3.32. The van der Waals surface area contributed by atoms with Crippen LogP contribution in [0.3, 0.4) is 0 Å². The van der Waals surface area contributed by atoms with Crippen molar-refractivity contribution in [3.05, 3.63) is 5.53 Å². The largest absolute Gasteiger partial charge is 0.414 e. The molecule has 3 heteroatoms. The van der Waals surface area contributed by atoms with Crippen molar-refractivity contribution in [2.45, 2.75) is 33.6 Å². The summed E-state index contributed by atoms with van der Waals surface area (Å²) in [6.07, 6.45) is 2.42. The predicted octanol–water partition coefficient (Wildman–Crippen LogP) is 2.58. The highest BCUT2D eigenvalue weighted by Crippen LogP contribution is 2.13. The summed E-state index contributed by atoms with van der Waals surface area (Å²) in [5, 5.41) is 2.86. The first-order chi connectivity index (χ1) is 5.20. The summed E-state index contributed by atoms with van der Waals surface area (Å²) in [6.45, 7) is 7.36. The number of hydrogen-bond acceptors (Lipinski definition) is 1. The summed E-state index contributed by atoms with van der Waals surface area (Å²) in [5.74, 6) is 1.35. The molecule has 0 amide bonds. The van der Waals surface area contributed by atoms with Crippen LogP contribution >= 0.6 is 0 Å². The van der Waals surface area contributed by atoms with Gasteiger partial charge in [-0.15, -0.1) is 0 Å². The third kappa shape index (κ3) is 5.83. The Kier molecular flexibility index (Phi) is 5.80. The average molecular weight is 156 g/mol. The van der Waals surface area contributed by atoms with Gasteiger partial charge in [-0.2, -0.15) is 0 Å². The van der Waals surface area contributed by atoms with Crippen molar-refractivity contribution >= 4 is 0 Å². The molecule has 2 atom stereocenters. The van der Waals surface area contributed by atoms with Gasteiger partial charge in [-0.1, -0.05) is 27.2 Å². The standard InChI is InChI=1S/C8H18N3/c1-4-7(2)5-8(3)6-10-11-9/h7-8H,4-6H2,1-3H3,(H-,9,10)/q-1. The van der Waals surface area contributed by atoms with Crippen LogP contribution in [-0.2, 0) is 0 Å². The lowest BCUT2D eigenvalue weighted by molar-refractivity contribution is 0.390. The van der Waals surface area contributed by atoms with Gasteiger partial charge >= 0.3 is 0 Å². The van der Waals surface area contributed by atoms with E-state index in [0.717, 1.165) is 12.5 Å². The van der Waals surface area contributed by atoms with E-state index in [1.54, 1.807) is 0 Å². The molecular weight excluding hydrogens is 138 g/mol. The molecule has 0 aromatic rings. The zero-order valence-electron chi connectivity index (χ0n) is 7.67. The van der Waals surface area contributed by atoms with Crippen LogP contribution in [0, 0.1) is 11.8 Å². The molecule has 2 unspecified atom stereocenters. The maximum atomic E-state index is 8.12. The van der Waals surface area contributed by atoms with Crippen LogP contribution in [0.15, 0.2) is 5.22 Å². The summed E-state index contributed by atoms with van der Waals surface area (Å²) < 4.78 is 0. The molecule has 0 spiro atoms. The van der Waals surface area contributed by atoms with E-state index in [1.807, 2.05) is 0 Å². The minimum Gasteiger partial charge on any atom is -0.414 e. The monoisotopic (exact) mass is 156 g/mol. The van der Waals surface area contributed by atoms with E-state index in [2.05, 4.69) is 31.4 Å². The number of hydrogen-bond donors (Lipinski definition) is 1. The van der Waals surface area contributed by atoms with Crippen LogP contribution in [0.25, 0.3) is 5.53 Å². The Morgan fingerprint density at radius 3 is 2.45 bits per heavy atom. The second kappa shape index (κ2) is 6.13. The van der Waals surface area contributed by atoms with Crippen LogP contribution in [-0.4, -0.2) is 6.54 Å². The fourth-order valence-corrected chi connectivity index (χ4v) is 1.13. The van der Waals surface area contributed by atoms with Crippen molar-refractivity contribution in [3.8, 4) is 0 Å². The van der Waals surface area contributed by atoms with Gasteiger partial charge in [0.15, 0.2) is 0 Å². The van der Waals surface area contributed by atoms with Gasteiger partial charge in [-0.25, -0.2) is 0 Å². The first kappa shape index (κ1) is 10.4. The van der Waals surface area contributed by atoms with Crippen molar-refractivity contribution in [3.63, 3.8) is 0 Å². The predicted molar refractivity (Wildman–Crippen MR) is 47.0 cm³/mol. The van der Waals surface area contributed by atoms with Crippen LogP contribution in [0.2, 0.25) is 0 Å².